The van der Waals surface area contributed by atoms with Crippen molar-refractivity contribution >= 4 is 38.4 Å². The second-order valence-electron chi connectivity index (χ2n) is 7.54. The lowest BCUT2D eigenvalue weighted by Crippen LogP contribution is -2.31. The Morgan fingerprint density at radius 2 is 1.87 bits per heavy atom. The van der Waals surface area contributed by atoms with Crippen LogP contribution in [-0.2, 0) is 6.54 Å². The summed E-state index contributed by atoms with van der Waals surface area (Å²) in [4.78, 5) is 28.6. The van der Waals surface area contributed by atoms with Crippen molar-refractivity contribution in [1.82, 2.24) is 24.6 Å². The van der Waals surface area contributed by atoms with Crippen LogP contribution in [0.5, 0.6) is 0 Å². The minimum atomic E-state index is -0.304. The molecular formula is C23H20N6OS. The molecule has 3 heterocycles. The van der Waals surface area contributed by atoms with E-state index in [9.17, 15) is 4.79 Å². The zero-order valence-corrected chi connectivity index (χ0v) is 18.2. The number of hydrogen-bond acceptors (Lipinski definition) is 6. The van der Waals surface area contributed by atoms with Gasteiger partial charge >= 0.3 is 0 Å². The van der Waals surface area contributed by atoms with Gasteiger partial charge in [-0.25, -0.2) is 14.5 Å². The molecule has 0 bridgehead atoms. The Bertz CT molecular complexity index is 1420. The molecule has 0 N–H and O–H groups in total. The molecule has 0 aliphatic carbocycles. The Labute approximate surface area is 183 Å². The first-order valence-corrected chi connectivity index (χ1v) is 10.7. The minimum absolute atomic E-state index is 0.102. The van der Waals surface area contributed by atoms with Gasteiger partial charge in [-0.15, -0.1) is 5.10 Å². The lowest BCUT2D eigenvalue weighted by atomic mass is 10.1. The van der Waals surface area contributed by atoms with E-state index in [4.69, 9.17) is 4.98 Å². The van der Waals surface area contributed by atoms with Crippen LogP contribution in [0.15, 0.2) is 54.7 Å². The third-order valence-electron chi connectivity index (χ3n) is 5.09. The molecule has 0 spiro atoms. The van der Waals surface area contributed by atoms with Crippen LogP contribution in [0, 0.1) is 20.8 Å². The maximum atomic E-state index is 13.6. The Morgan fingerprint density at radius 3 is 2.65 bits per heavy atom. The highest BCUT2D eigenvalue weighted by atomic mass is 32.1. The predicted octanol–water partition coefficient (Wildman–Crippen LogP) is 4.51. The third kappa shape index (κ3) is 3.55. The predicted molar refractivity (Wildman–Crippen MR) is 122 cm³/mol. The van der Waals surface area contributed by atoms with E-state index < -0.39 is 0 Å². The molecule has 0 fully saturated rings. The number of amides is 1. The van der Waals surface area contributed by atoms with Crippen LogP contribution in [0.1, 0.15) is 33.0 Å². The average molecular weight is 429 g/mol. The van der Waals surface area contributed by atoms with E-state index in [1.54, 1.807) is 15.6 Å². The number of aryl methyl sites for hydroxylation is 3. The summed E-state index contributed by atoms with van der Waals surface area (Å²) >= 11 is 1.51. The molecule has 7 nitrogen and oxygen atoms in total. The molecule has 0 unspecified atom stereocenters. The summed E-state index contributed by atoms with van der Waals surface area (Å²) in [5.41, 5.74) is 5.05. The molecule has 154 valence electrons. The maximum absolute atomic E-state index is 13.6. The standard InChI is InChI=1S/C23H20N6OS/c1-14-11-15(2)19-18(12-14)25-23(31-19)28(13-17-7-5-4-6-8-17)21(30)20-26-22-24-10-9-16(3)29(22)27-20/h4-12H,13H2,1-3H3. The zero-order valence-electron chi connectivity index (χ0n) is 17.4. The molecule has 0 radical (unpaired) electrons. The largest absolute Gasteiger partial charge is 0.300 e. The molecule has 0 saturated heterocycles. The molecule has 3 aromatic heterocycles. The van der Waals surface area contributed by atoms with Crippen LogP contribution in [0.3, 0.4) is 0 Å². The van der Waals surface area contributed by atoms with Gasteiger partial charge in [-0.2, -0.15) is 4.98 Å². The Kier molecular flexibility index (Phi) is 4.71. The number of benzene rings is 2. The van der Waals surface area contributed by atoms with Gasteiger partial charge in [-0.3, -0.25) is 9.69 Å². The number of anilines is 1. The second kappa shape index (κ2) is 7.55. The van der Waals surface area contributed by atoms with Gasteiger partial charge in [0, 0.05) is 11.9 Å². The maximum Gasteiger partial charge on any atom is 0.300 e. The van der Waals surface area contributed by atoms with Gasteiger partial charge in [0.15, 0.2) is 5.13 Å². The van der Waals surface area contributed by atoms with Gasteiger partial charge < -0.3 is 0 Å². The Hall–Kier alpha value is -3.65. The molecule has 0 aliphatic heterocycles. The lowest BCUT2D eigenvalue weighted by molar-refractivity contribution is 0.0975. The van der Waals surface area contributed by atoms with Crippen molar-refractivity contribution in [3.63, 3.8) is 0 Å². The first-order chi connectivity index (χ1) is 15.0. The molecule has 5 rings (SSSR count). The molecule has 0 saturated carbocycles. The summed E-state index contributed by atoms with van der Waals surface area (Å²) in [5, 5.41) is 5.04. The number of fused-ring (bicyclic) bond motifs is 2. The molecule has 0 atom stereocenters. The van der Waals surface area contributed by atoms with E-state index >= 15 is 0 Å². The molecule has 5 aromatic rings. The molecule has 0 aliphatic rings. The van der Waals surface area contributed by atoms with Crippen molar-refractivity contribution in [2.75, 3.05) is 4.90 Å². The van der Waals surface area contributed by atoms with Crippen LogP contribution >= 0.6 is 11.3 Å². The van der Waals surface area contributed by atoms with Gasteiger partial charge in [-0.05, 0) is 49.6 Å². The van der Waals surface area contributed by atoms with Crippen molar-refractivity contribution in [1.29, 1.82) is 0 Å². The Balaban J connectivity index is 1.62. The summed E-state index contributed by atoms with van der Waals surface area (Å²) in [6.45, 7) is 6.39. The van der Waals surface area contributed by atoms with E-state index in [1.165, 1.54) is 11.3 Å². The van der Waals surface area contributed by atoms with E-state index in [0.717, 1.165) is 32.6 Å². The molecular weight excluding hydrogens is 408 g/mol. The van der Waals surface area contributed by atoms with Gasteiger partial charge in [-0.1, -0.05) is 47.7 Å². The number of carbonyl (C=O) groups excluding carboxylic acids is 1. The van der Waals surface area contributed by atoms with E-state index in [0.29, 0.717) is 17.5 Å². The second-order valence-corrected chi connectivity index (χ2v) is 8.51. The SMILES string of the molecule is Cc1cc(C)c2sc(N(Cc3ccccc3)C(=O)c3nc4nccc(C)n4n3)nc2c1. The van der Waals surface area contributed by atoms with Crippen LogP contribution in [0.4, 0.5) is 5.13 Å². The van der Waals surface area contributed by atoms with E-state index in [2.05, 4.69) is 28.1 Å². The normalized spacial score (nSPS) is 11.3. The summed E-state index contributed by atoms with van der Waals surface area (Å²) in [7, 11) is 0. The fourth-order valence-electron chi connectivity index (χ4n) is 3.59. The van der Waals surface area contributed by atoms with E-state index in [1.807, 2.05) is 56.3 Å². The minimum Gasteiger partial charge on any atom is -0.277 e. The van der Waals surface area contributed by atoms with Crippen molar-refractivity contribution < 1.29 is 4.79 Å². The fourth-order valence-corrected chi connectivity index (χ4v) is 4.60. The molecule has 8 heteroatoms. The van der Waals surface area contributed by atoms with Crippen molar-refractivity contribution in [2.45, 2.75) is 27.3 Å². The molecule has 2 aromatic carbocycles. The van der Waals surface area contributed by atoms with Crippen LogP contribution in [0.2, 0.25) is 0 Å². The first kappa shape index (κ1) is 19.3. The highest BCUT2D eigenvalue weighted by Crippen LogP contribution is 2.33. The number of nitrogens with zero attached hydrogens (tertiary/aromatic N) is 6. The van der Waals surface area contributed by atoms with Crippen LogP contribution in [-0.4, -0.2) is 30.5 Å². The van der Waals surface area contributed by atoms with Gasteiger partial charge in [0.1, 0.15) is 0 Å². The highest BCUT2D eigenvalue weighted by Gasteiger charge is 2.26. The fraction of sp³-hybridized carbons (Fsp3) is 0.174. The highest BCUT2D eigenvalue weighted by molar-refractivity contribution is 7.22. The summed E-state index contributed by atoms with van der Waals surface area (Å²) in [6.07, 6.45) is 1.66. The van der Waals surface area contributed by atoms with Crippen molar-refractivity contribution in [2.24, 2.45) is 0 Å². The monoisotopic (exact) mass is 428 g/mol. The number of rotatable bonds is 4. The summed E-state index contributed by atoms with van der Waals surface area (Å²) < 4.78 is 2.66. The number of thiazole rings is 1. The van der Waals surface area contributed by atoms with Crippen molar-refractivity contribution in [3.05, 3.63) is 82.9 Å². The van der Waals surface area contributed by atoms with Gasteiger partial charge in [0.25, 0.3) is 11.7 Å². The average Bonchev–Trinajstić information content (AvgIpc) is 3.38. The topological polar surface area (TPSA) is 76.3 Å². The lowest BCUT2D eigenvalue weighted by Gasteiger charge is -2.18. The Morgan fingerprint density at radius 1 is 1.06 bits per heavy atom. The number of aromatic nitrogens is 5. The van der Waals surface area contributed by atoms with Crippen molar-refractivity contribution in [3.8, 4) is 0 Å². The van der Waals surface area contributed by atoms with Gasteiger partial charge in [0.2, 0.25) is 5.82 Å². The van der Waals surface area contributed by atoms with Gasteiger partial charge in [0.05, 0.1) is 16.8 Å². The zero-order chi connectivity index (χ0) is 21.5. The quantitative estimate of drug-likeness (QED) is 0.421. The summed E-state index contributed by atoms with van der Waals surface area (Å²) in [6, 6.07) is 15.9. The van der Waals surface area contributed by atoms with Crippen LogP contribution in [0.25, 0.3) is 16.0 Å². The van der Waals surface area contributed by atoms with E-state index in [-0.39, 0.29) is 11.7 Å². The molecule has 31 heavy (non-hydrogen) atoms. The molecule has 1 amide bonds. The first-order valence-electron chi connectivity index (χ1n) is 9.91. The number of carbonyl (C=O) groups is 1. The number of hydrogen-bond donors (Lipinski definition) is 0. The smallest absolute Gasteiger partial charge is 0.277 e. The van der Waals surface area contributed by atoms with Crippen LogP contribution < -0.4 is 4.90 Å². The third-order valence-corrected chi connectivity index (χ3v) is 6.32. The summed E-state index contributed by atoms with van der Waals surface area (Å²) in [5.74, 6) is 0.200.